The molecule has 2 aliphatic heterocycles. The number of sulfone groups is 1. The van der Waals surface area contributed by atoms with Gasteiger partial charge in [-0.25, -0.2) is 18.0 Å². The minimum Gasteiger partial charge on any atom is -0.449 e. The fourth-order valence-corrected chi connectivity index (χ4v) is 7.28. The molecule has 34 heavy (non-hydrogen) atoms. The Bertz CT molecular complexity index is 1290. The van der Waals surface area contributed by atoms with Gasteiger partial charge in [0.1, 0.15) is 15.7 Å². The van der Waals surface area contributed by atoms with Crippen molar-refractivity contribution in [2.24, 2.45) is 0 Å². The summed E-state index contributed by atoms with van der Waals surface area (Å²) in [5.41, 5.74) is 0.347. The van der Waals surface area contributed by atoms with E-state index >= 15 is 0 Å². The number of carbonyl (C=O) groups is 1. The molecule has 13 heteroatoms. The number of hydrogen-bond acceptors (Lipinski definition) is 8. The number of aromatic nitrogens is 2. The highest BCUT2D eigenvalue weighted by Crippen LogP contribution is 2.43. The molecule has 1 aromatic carbocycles. The summed E-state index contributed by atoms with van der Waals surface area (Å²) in [7, 11) is -3.39. The van der Waals surface area contributed by atoms with Gasteiger partial charge in [-0.05, 0) is 28.4 Å². The van der Waals surface area contributed by atoms with Crippen LogP contribution in [0.5, 0.6) is 0 Å². The first-order chi connectivity index (χ1) is 16.1. The van der Waals surface area contributed by atoms with Crippen molar-refractivity contribution in [2.45, 2.75) is 37.2 Å². The summed E-state index contributed by atoms with van der Waals surface area (Å²) in [6, 6.07) is 1.17. The minimum absolute atomic E-state index is 0.149. The maximum atomic E-state index is 13.0. The van der Waals surface area contributed by atoms with Crippen molar-refractivity contribution >= 4 is 71.9 Å². The second kappa shape index (κ2) is 10.2. The lowest BCUT2D eigenvalue weighted by Gasteiger charge is -2.41. The van der Waals surface area contributed by atoms with E-state index in [1.807, 2.05) is 11.8 Å². The molecule has 0 bridgehead atoms. The second-order valence-corrected chi connectivity index (χ2v) is 13.0. The summed E-state index contributed by atoms with van der Waals surface area (Å²) in [4.78, 5) is 34.1. The molecule has 1 fully saturated rings. The van der Waals surface area contributed by atoms with Gasteiger partial charge in [-0.3, -0.25) is 4.57 Å². The van der Waals surface area contributed by atoms with E-state index in [1.165, 1.54) is 4.90 Å². The number of carbonyl (C=O) groups excluding carboxylic acids is 1. The molecule has 0 saturated carbocycles. The summed E-state index contributed by atoms with van der Waals surface area (Å²) in [5.74, 6) is 0.920. The molecule has 3 heterocycles. The molecule has 0 N–H and O–H groups in total. The summed E-state index contributed by atoms with van der Waals surface area (Å²) in [6.07, 6.45) is 2.37. The highest BCUT2D eigenvalue weighted by molar-refractivity contribution is 9.10. The van der Waals surface area contributed by atoms with Crippen molar-refractivity contribution in [1.29, 1.82) is 0 Å². The van der Waals surface area contributed by atoms with Crippen LogP contribution in [0.4, 0.5) is 10.6 Å². The van der Waals surface area contributed by atoms with E-state index in [4.69, 9.17) is 16.3 Å². The highest BCUT2D eigenvalue weighted by Gasteiger charge is 2.35. The molecule has 4 rings (SSSR count). The van der Waals surface area contributed by atoms with Gasteiger partial charge in [0.25, 0.3) is 0 Å². The summed E-state index contributed by atoms with van der Waals surface area (Å²) in [5, 5.41) is 1.18. The number of piperazine rings is 1. The van der Waals surface area contributed by atoms with Crippen LogP contribution in [0.2, 0.25) is 5.02 Å². The number of aryl methyl sites for hydroxylation is 1. The van der Waals surface area contributed by atoms with E-state index in [1.54, 1.807) is 22.4 Å². The maximum absolute atomic E-state index is 13.0. The first-order valence-corrected chi connectivity index (χ1v) is 15.2. The van der Waals surface area contributed by atoms with Crippen molar-refractivity contribution < 1.29 is 17.9 Å². The van der Waals surface area contributed by atoms with E-state index in [-0.39, 0.29) is 12.3 Å². The Morgan fingerprint density at radius 3 is 2.82 bits per heavy atom. The number of nitrogens with zero attached hydrogens (tertiary/aromatic N) is 4. The molecular formula is C21H26BrClN4O5S2. The summed E-state index contributed by atoms with van der Waals surface area (Å²) in [6.45, 7) is 3.64. The van der Waals surface area contributed by atoms with Gasteiger partial charge in [0.05, 0.1) is 33.4 Å². The Morgan fingerprint density at radius 2 is 2.12 bits per heavy atom. The van der Waals surface area contributed by atoms with Crippen LogP contribution >= 0.6 is 39.3 Å². The Balaban J connectivity index is 1.76. The lowest BCUT2D eigenvalue weighted by Crippen LogP contribution is -2.57. The molecule has 2 aromatic rings. The van der Waals surface area contributed by atoms with Gasteiger partial charge >= 0.3 is 11.8 Å². The number of amides is 1. The third-order valence-electron chi connectivity index (χ3n) is 5.89. The van der Waals surface area contributed by atoms with E-state index in [9.17, 15) is 18.0 Å². The zero-order valence-electron chi connectivity index (χ0n) is 18.9. The average molecular weight is 594 g/mol. The smallest absolute Gasteiger partial charge is 0.409 e. The van der Waals surface area contributed by atoms with Crippen molar-refractivity contribution in [1.82, 2.24) is 14.5 Å². The fourth-order valence-electron chi connectivity index (χ4n) is 4.32. The van der Waals surface area contributed by atoms with Gasteiger partial charge in [-0.1, -0.05) is 24.9 Å². The third kappa shape index (κ3) is 5.19. The molecule has 2 aliphatic rings. The van der Waals surface area contributed by atoms with Crippen LogP contribution in [0.15, 0.2) is 20.2 Å². The van der Waals surface area contributed by atoms with Crippen LogP contribution in [-0.4, -0.2) is 79.0 Å². The van der Waals surface area contributed by atoms with Gasteiger partial charge < -0.3 is 14.5 Å². The number of hydrogen-bond donors (Lipinski definition) is 0. The average Bonchev–Trinajstić information content (AvgIpc) is 2.78. The molecule has 1 saturated heterocycles. The number of ether oxygens (including phenoxy) is 1. The van der Waals surface area contributed by atoms with E-state index in [2.05, 4.69) is 20.9 Å². The number of halogens is 2. The Hall–Kier alpha value is -1.50. The van der Waals surface area contributed by atoms with Crippen LogP contribution < -0.4 is 10.6 Å². The van der Waals surface area contributed by atoms with Crippen molar-refractivity contribution in [3.8, 4) is 0 Å². The van der Waals surface area contributed by atoms with Crippen LogP contribution in [0, 0.1) is 0 Å². The quantitative estimate of drug-likeness (QED) is 0.470. The Labute approximate surface area is 215 Å². The van der Waals surface area contributed by atoms with Crippen LogP contribution in [0.1, 0.15) is 19.8 Å². The number of unbranched alkanes of at least 4 members (excludes halogenated alkanes) is 1. The highest BCUT2D eigenvalue weighted by atomic mass is 79.9. The third-order valence-corrected chi connectivity index (χ3v) is 9.56. The standard InChI is InChI=1S/C21H26BrClN4O5S2/c1-3-4-8-32-21(29)25-5-6-26(13(11-25)12-34(2,30)31)19-14-10-15(23)16(22)18-17(14)27(7-9-33-18)20(28)24-19/h10,13H,3-9,11-12H2,1-2H3/t13-/m1/s1. The molecule has 0 unspecified atom stereocenters. The summed E-state index contributed by atoms with van der Waals surface area (Å²) < 4.78 is 32.3. The molecule has 1 atom stereocenters. The van der Waals surface area contributed by atoms with Gasteiger partial charge in [0.15, 0.2) is 0 Å². The maximum Gasteiger partial charge on any atom is 0.409 e. The number of rotatable bonds is 6. The fraction of sp³-hybridized carbons (Fsp3) is 0.571. The predicted octanol–water partition coefficient (Wildman–Crippen LogP) is 3.39. The normalized spacial score (nSPS) is 18.4. The topological polar surface area (TPSA) is 102 Å². The lowest BCUT2D eigenvalue weighted by atomic mass is 10.1. The van der Waals surface area contributed by atoms with Crippen LogP contribution in [0.3, 0.4) is 0 Å². The second-order valence-electron chi connectivity index (χ2n) is 8.47. The monoisotopic (exact) mass is 592 g/mol. The van der Waals surface area contributed by atoms with Gasteiger partial charge in [0, 0.05) is 48.5 Å². The number of thioether (sulfide) groups is 1. The zero-order valence-corrected chi connectivity index (χ0v) is 22.9. The SMILES string of the molecule is CCCCOC(=O)N1CCN(c2nc(=O)n3c4c(c(Br)c(Cl)cc24)SCC3)[C@@H](CS(C)(=O)=O)C1. The first kappa shape index (κ1) is 25.6. The van der Waals surface area contributed by atoms with Crippen LogP contribution in [-0.2, 0) is 21.1 Å². The molecule has 0 spiro atoms. The van der Waals surface area contributed by atoms with Crippen molar-refractivity contribution in [3.63, 3.8) is 0 Å². The van der Waals surface area contributed by atoms with Gasteiger partial charge in [0.2, 0.25) is 0 Å². The summed E-state index contributed by atoms with van der Waals surface area (Å²) >= 11 is 11.7. The van der Waals surface area contributed by atoms with Crippen LogP contribution in [0.25, 0.3) is 10.9 Å². The molecule has 0 aliphatic carbocycles. The van der Waals surface area contributed by atoms with Crippen molar-refractivity contribution in [3.05, 3.63) is 26.0 Å². The van der Waals surface area contributed by atoms with E-state index in [0.717, 1.165) is 39.7 Å². The molecule has 186 valence electrons. The molecule has 1 amide bonds. The zero-order chi connectivity index (χ0) is 24.6. The lowest BCUT2D eigenvalue weighted by molar-refractivity contribution is 0.0946. The molecule has 1 aromatic heterocycles. The van der Waals surface area contributed by atoms with E-state index in [0.29, 0.717) is 42.5 Å². The van der Waals surface area contributed by atoms with E-state index < -0.39 is 27.7 Å². The number of benzene rings is 1. The molecular weight excluding hydrogens is 568 g/mol. The minimum atomic E-state index is -3.39. The molecule has 0 radical (unpaired) electrons. The predicted molar refractivity (Wildman–Crippen MR) is 138 cm³/mol. The van der Waals surface area contributed by atoms with Crippen molar-refractivity contribution in [2.75, 3.05) is 48.9 Å². The molecule has 9 nitrogen and oxygen atoms in total. The van der Waals surface area contributed by atoms with Gasteiger partial charge in [-0.15, -0.1) is 11.8 Å². The Kier molecular flexibility index (Phi) is 7.70. The first-order valence-electron chi connectivity index (χ1n) is 11.0. The van der Waals surface area contributed by atoms with Gasteiger partial charge in [-0.2, -0.15) is 4.98 Å². The number of anilines is 1. The Morgan fingerprint density at radius 1 is 1.35 bits per heavy atom. The largest absolute Gasteiger partial charge is 0.449 e.